The first-order valence-electron chi connectivity index (χ1n) is 8.91. The van der Waals surface area contributed by atoms with E-state index in [2.05, 4.69) is 61.3 Å². The number of nitrogens with zero attached hydrogens (tertiary/aromatic N) is 1. The van der Waals surface area contributed by atoms with Crippen LogP contribution >= 0.6 is 0 Å². The van der Waals surface area contributed by atoms with Crippen LogP contribution in [0.25, 0.3) is 0 Å². The molecule has 24 heavy (non-hydrogen) atoms. The van der Waals surface area contributed by atoms with Crippen molar-refractivity contribution in [1.82, 2.24) is 4.90 Å². The summed E-state index contributed by atoms with van der Waals surface area (Å²) in [6.07, 6.45) is 3.53. The van der Waals surface area contributed by atoms with Gasteiger partial charge in [-0.1, -0.05) is 62.2 Å². The minimum Gasteiger partial charge on any atom is -0.494 e. The van der Waals surface area contributed by atoms with Gasteiger partial charge < -0.3 is 10.5 Å². The fourth-order valence-electron chi connectivity index (χ4n) is 2.91. The Morgan fingerprint density at radius 3 is 2.54 bits per heavy atom. The number of ether oxygens (including phenoxy) is 1. The Balaban J connectivity index is 2.01. The highest BCUT2D eigenvalue weighted by Gasteiger charge is 2.16. The molecule has 0 aliphatic carbocycles. The molecule has 130 valence electrons. The first-order valence-corrected chi connectivity index (χ1v) is 8.91. The smallest absolute Gasteiger partial charge is 0.119 e. The van der Waals surface area contributed by atoms with Crippen LogP contribution in [0.1, 0.15) is 43.4 Å². The van der Waals surface area contributed by atoms with Crippen LogP contribution in [0.15, 0.2) is 54.6 Å². The second-order valence-electron chi connectivity index (χ2n) is 6.28. The predicted octanol–water partition coefficient (Wildman–Crippen LogP) is 4.39. The van der Waals surface area contributed by atoms with Crippen molar-refractivity contribution in [1.29, 1.82) is 0 Å². The molecule has 3 nitrogen and oxygen atoms in total. The van der Waals surface area contributed by atoms with E-state index in [9.17, 15) is 0 Å². The second-order valence-corrected chi connectivity index (χ2v) is 6.28. The van der Waals surface area contributed by atoms with Crippen LogP contribution < -0.4 is 10.5 Å². The molecule has 0 heterocycles. The predicted molar refractivity (Wildman–Crippen MR) is 101 cm³/mol. The maximum atomic E-state index is 6.07. The van der Waals surface area contributed by atoms with Crippen LogP contribution in [0.5, 0.6) is 5.75 Å². The van der Waals surface area contributed by atoms with Gasteiger partial charge in [-0.15, -0.1) is 0 Å². The van der Waals surface area contributed by atoms with Gasteiger partial charge in [-0.25, -0.2) is 0 Å². The van der Waals surface area contributed by atoms with Crippen LogP contribution in [0.4, 0.5) is 0 Å². The third-order valence-corrected chi connectivity index (χ3v) is 4.29. The average Bonchev–Trinajstić information content (AvgIpc) is 2.61. The summed E-state index contributed by atoms with van der Waals surface area (Å²) in [5.41, 5.74) is 8.58. The lowest BCUT2D eigenvalue weighted by molar-refractivity contribution is 0.240. The zero-order valence-corrected chi connectivity index (χ0v) is 14.9. The summed E-state index contributed by atoms with van der Waals surface area (Å²) in [7, 11) is 2.12. The summed E-state index contributed by atoms with van der Waals surface area (Å²) >= 11 is 0. The van der Waals surface area contributed by atoms with Crippen LogP contribution in [-0.2, 0) is 6.54 Å². The van der Waals surface area contributed by atoms with Gasteiger partial charge in [0.05, 0.1) is 6.61 Å². The highest BCUT2D eigenvalue weighted by atomic mass is 16.5. The van der Waals surface area contributed by atoms with Crippen molar-refractivity contribution in [3.8, 4) is 5.75 Å². The molecule has 0 fully saturated rings. The molecule has 0 aromatic heterocycles. The molecule has 0 aliphatic rings. The normalized spacial score (nSPS) is 12.3. The summed E-state index contributed by atoms with van der Waals surface area (Å²) < 4.78 is 5.88. The van der Waals surface area contributed by atoms with Crippen LogP contribution in [0, 0.1) is 0 Å². The molecule has 1 unspecified atom stereocenters. The fraction of sp³-hybridized carbons (Fsp3) is 0.429. The Labute approximate surface area is 146 Å². The summed E-state index contributed by atoms with van der Waals surface area (Å²) in [6.45, 7) is 4.45. The minimum atomic E-state index is 0.185. The van der Waals surface area contributed by atoms with Gasteiger partial charge >= 0.3 is 0 Å². The van der Waals surface area contributed by atoms with Crippen molar-refractivity contribution in [3.63, 3.8) is 0 Å². The second kappa shape index (κ2) is 10.1. The molecule has 0 radical (unpaired) electrons. The lowest BCUT2D eigenvalue weighted by Crippen LogP contribution is -2.30. The maximum absolute atomic E-state index is 6.07. The Kier molecular flexibility index (Phi) is 7.80. The van der Waals surface area contributed by atoms with Gasteiger partial charge in [0.25, 0.3) is 0 Å². The minimum absolute atomic E-state index is 0.185. The number of nitrogens with two attached hydrogens (primary N) is 1. The number of hydrogen-bond donors (Lipinski definition) is 1. The van der Waals surface area contributed by atoms with Gasteiger partial charge in [-0.3, -0.25) is 4.90 Å². The van der Waals surface area contributed by atoms with E-state index in [1.807, 2.05) is 12.1 Å². The van der Waals surface area contributed by atoms with E-state index in [1.165, 1.54) is 24.0 Å². The highest BCUT2D eigenvalue weighted by Crippen LogP contribution is 2.24. The van der Waals surface area contributed by atoms with Gasteiger partial charge in [0.1, 0.15) is 5.75 Å². The van der Waals surface area contributed by atoms with E-state index in [4.69, 9.17) is 10.5 Å². The van der Waals surface area contributed by atoms with Crippen molar-refractivity contribution in [2.75, 3.05) is 20.2 Å². The molecular formula is C21H30N2O. The molecule has 0 aliphatic heterocycles. The largest absolute Gasteiger partial charge is 0.494 e. The molecule has 1 atom stereocenters. The van der Waals surface area contributed by atoms with Crippen molar-refractivity contribution < 1.29 is 4.74 Å². The Morgan fingerprint density at radius 2 is 1.83 bits per heavy atom. The molecule has 0 amide bonds. The van der Waals surface area contributed by atoms with Crippen LogP contribution in [-0.4, -0.2) is 25.1 Å². The van der Waals surface area contributed by atoms with Crippen molar-refractivity contribution in [2.45, 2.75) is 38.8 Å². The Hall–Kier alpha value is -1.84. The Morgan fingerprint density at radius 1 is 1.04 bits per heavy atom. The molecule has 0 bridgehead atoms. The molecule has 2 N–H and O–H groups in total. The first-order chi connectivity index (χ1) is 11.7. The molecule has 3 heteroatoms. The topological polar surface area (TPSA) is 38.5 Å². The monoisotopic (exact) mass is 326 g/mol. The van der Waals surface area contributed by atoms with Crippen molar-refractivity contribution in [2.24, 2.45) is 5.73 Å². The molecular weight excluding hydrogens is 296 g/mol. The van der Waals surface area contributed by atoms with E-state index in [1.54, 1.807) is 0 Å². The molecule has 0 spiro atoms. The Bertz CT molecular complexity index is 585. The molecule has 0 saturated carbocycles. The van der Waals surface area contributed by atoms with Crippen molar-refractivity contribution in [3.05, 3.63) is 65.7 Å². The fourth-order valence-corrected chi connectivity index (χ4v) is 2.91. The SMILES string of the molecule is CCCCCOc1cccc(C(CN)N(C)Cc2ccccc2)c1. The van der Waals surface area contributed by atoms with Gasteiger partial charge in [0.2, 0.25) is 0 Å². The van der Waals surface area contributed by atoms with Gasteiger partial charge in [0, 0.05) is 19.1 Å². The van der Waals surface area contributed by atoms with Crippen molar-refractivity contribution >= 4 is 0 Å². The molecule has 2 rings (SSSR count). The van der Waals surface area contributed by atoms with Gasteiger partial charge in [-0.2, -0.15) is 0 Å². The zero-order valence-electron chi connectivity index (χ0n) is 14.9. The molecule has 2 aromatic rings. The lowest BCUT2D eigenvalue weighted by atomic mass is 10.0. The maximum Gasteiger partial charge on any atom is 0.119 e. The highest BCUT2D eigenvalue weighted by molar-refractivity contribution is 5.31. The van der Waals surface area contributed by atoms with E-state index in [-0.39, 0.29) is 6.04 Å². The van der Waals surface area contributed by atoms with Gasteiger partial charge in [-0.05, 0) is 36.7 Å². The average molecular weight is 326 g/mol. The van der Waals surface area contributed by atoms with E-state index >= 15 is 0 Å². The summed E-state index contributed by atoms with van der Waals surface area (Å²) in [5, 5.41) is 0. The molecule has 0 saturated heterocycles. The number of likely N-dealkylation sites (N-methyl/N-ethyl adjacent to an activating group) is 1. The van der Waals surface area contributed by atoms with E-state index in [0.29, 0.717) is 6.54 Å². The third kappa shape index (κ3) is 5.66. The summed E-state index contributed by atoms with van der Waals surface area (Å²) in [5.74, 6) is 0.940. The van der Waals surface area contributed by atoms with Gasteiger partial charge in [0.15, 0.2) is 0 Å². The standard InChI is InChI=1S/C21H30N2O/c1-3-4-8-14-24-20-13-9-12-19(15-20)21(16-22)23(2)17-18-10-6-5-7-11-18/h5-7,9-13,15,21H,3-4,8,14,16-17,22H2,1-2H3. The zero-order chi connectivity index (χ0) is 17.2. The number of hydrogen-bond acceptors (Lipinski definition) is 3. The summed E-state index contributed by atoms with van der Waals surface area (Å²) in [4.78, 5) is 2.30. The molecule has 2 aromatic carbocycles. The number of unbranched alkanes of at least 4 members (excludes halogenated alkanes) is 2. The van der Waals surface area contributed by atoms with E-state index in [0.717, 1.165) is 25.3 Å². The lowest BCUT2D eigenvalue weighted by Gasteiger charge is -2.27. The first kappa shape index (κ1) is 18.5. The quantitative estimate of drug-likeness (QED) is 0.658. The van der Waals surface area contributed by atoms with Crippen LogP contribution in [0.2, 0.25) is 0 Å². The third-order valence-electron chi connectivity index (χ3n) is 4.29. The number of benzene rings is 2. The summed E-state index contributed by atoms with van der Waals surface area (Å²) in [6, 6.07) is 19.0. The van der Waals surface area contributed by atoms with E-state index < -0.39 is 0 Å². The van der Waals surface area contributed by atoms with Crippen LogP contribution in [0.3, 0.4) is 0 Å². The number of rotatable bonds is 10.